The lowest BCUT2D eigenvalue weighted by Crippen LogP contribution is -2.33. The molecule has 0 aromatic carbocycles. The Morgan fingerprint density at radius 2 is 2.53 bits per heavy atom. The van der Waals surface area contributed by atoms with Gasteiger partial charge in [0.1, 0.15) is 6.10 Å². The highest BCUT2D eigenvalue weighted by Gasteiger charge is 2.31. The second-order valence-electron chi connectivity index (χ2n) is 3.76. The first kappa shape index (κ1) is 12.3. The van der Waals surface area contributed by atoms with E-state index in [1.807, 2.05) is 6.92 Å². The Morgan fingerprint density at radius 3 is 3.07 bits per heavy atom. The van der Waals surface area contributed by atoms with Gasteiger partial charge in [-0.2, -0.15) is 0 Å². The van der Waals surface area contributed by atoms with Crippen molar-refractivity contribution in [3.05, 3.63) is 23.8 Å². The summed E-state index contributed by atoms with van der Waals surface area (Å²) in [6.45, 7) is 6.05. The largest absolute Gasteiger partial charge is 0.460 e. The topological polar surface area (TPSA) is 46.5 Å². The first-order valence-corrected chi connectivity index (χ1v) is 5.32. The minimum absolute atomic E-state index is 0.0913. The number of hydrogen-bond acceptors (Lipinski definition) is 3. The van der Waals surface area contributed by atoms with Crippen LogP contribution in [0.4, 0.5) is 0 Å². The van der Waals surface area contributed by atoms with E-state index in [1.54, 1.807) is 6.08 Å². The lowest BCUT2D eigenvalue weighted by Gasteiger charge is -2.31. The van der Waals surface area contributed by atoms with Gasteiger partial charge in [0, 0.05) is 11.8 Å². The van der Waals surface area contributed by atoms with Crippen LogP contribution in [0.2, 0.25) is 0 Å². The van der Waals surface area contributed by atoms with Gasteiger partial charge in [-0.3, -0.25) is 4.79 Å². The Morgan fingerprint density at radius 1 is 1.87 bits per heavy atom. The first-order chi connectivity index (χ1) is 7.10. The van der Waals surface area contributed by atoms with Gasteiger partial charge >= 0.3 is 0 Å². The van der Waals surface area contributed by atoms with Gasteiger partial charge in [-0.05, 0) is 25.0 Å². The van der Waals surface area contributed by atoms with Crippen LogP contribution in [0.5, 0.6) is 0 Å². The van der Waals surface area contributed by atoms with Crippen LogP contribution in [0.3, 0.4) is 0 Å². The highest BCUT2D eigenvalue weighted by molar-refractivity contribution is 6.19. The van der Waals surface area contributed by atoms with Gasteiger partial charge in [0.2, 0.25) is 0 Å². The maximum Gasteiger partial charge on any atom is 0.293 e. The van der Waals surface area contributed by atoms with Crippen molar-refractivity contribution >= 4 is 18.1 Å². The summed E-state index contributed by atoms with van der Waals surface area (Å²) in [6, 6.07) is 0. The van der Waals surface area contributed by atoms with Crippen molar-refractivity contribution in [2.45, 2.75) is 25.6 Å². The third-order valence-electron chi connectivity index (χ3n) is 2.74. The number of aliphatic hydroxyl groups is 1. The van der Waals surface area contributed by atoms with E-state index in [2.05, 4.69) is 6.58 Å². The highest BCUT2D eigenvalue weighted by Crippen LogP contribution is 2.31. The average molecular weight is 231 g/mol. The van der Waals surface area contributed by atoms with Crippen molar-refractivity contribution in [3.63, 3.8) is 0 Å². The van der Waals surface area contributed by atoms with E-state index in [1.165, 1.54) is 0 Å². The van der Waals surface area contributed by atoms with Crippen LogP contribution in [0.1, 0.15) is 13.3 Å². The molecule has 0 aliphatic heterocycles. The van der Waals surface area contributed by atoms with E-state index in [0.29, 0.717) is 18.8 Å². The molecule has 0 heterocycles. The number of halogens is 1. The van der Waals surface area contributed by atoms with Gasteiger partial charge in [-0.15, -0.1) is 11.6 Å². The molecule has 1 N–H and O–H groups in total. The Bertz CT molecular complexity index is 286. The number of ether oxygens (including phenoxy) is 1. The minimum atomic E-state index is -0.499. The fourth-order valence-electron chi connectivity index (χ4n) is 1.74. The molecule has 0 bridgehead atoms. The lowest BCUT2D eigenvalue weighted by molar-refractivity contribution is -0.133. The van der Waals surface area contributed by atoms with E-state index in [0.717, 1.165) is 11.1 Å². The maximum atomic E-state index is 10.3. The van der Waals surface area contributed by atoms with Crippen molar-refractivity contribution in [2.24, 2.45) is 5.92 Å². The molecule has 1 aliphatic carbocycles. The zero-order valence-electron chi connectivity index (χ0n) is 8.65. The molecule has 0 spiro atoms. The number of hydrogen-bond donors (Lipinski definition) is 1. The van der Waals surface area contributed by atoms with Crippen molar-refractivity contribution in [1.29, 1.82) is 0 Å². The van der Waals surface area contributed by atoms with Gasteiger partial charge in [-0.25, -0.2) is 0 Å². The Labute approximate surface area is 94.4 Å². The van der Waals surface area contributed by atoms with Crippen molar-refractivity contribution in [1.82, 2.24) is 0 Å². The van der Waals surface area contributed by atoms with Crippen LogP contribution < -0.4 is 0 Å². The van der Waals surface area contributed by atoms with E-state index in [4.69, 9.17) is 16.3 Å². The SMILES string of the molecule is C=C(CCl)[C@H]1C[C@@H](O)C(C)=C[C@H]1OC=O. The van der Waals surface area contributed by atoms with Crippen LogP contribution in [0, 0.1) is 5.92 Å². The van der Waals surface area contributed by atoms with Gasteiger partial charge in [0.25, 0.3) is 6.47 Å². The smallest absolute Gasteiger partial charge is 0.293 e. The molecule has 0 aromatic heterocycles. The second kappa shape index (κ2) is 5.33. The van der Waals surface area contributed by atoms with Crippen molar-refractivity contribution in [2.75, 3.05) is 5.88 Å². The van der Waals surface area contributed by atoms with Crippen LogP contribution in [0.15, 0.2) is 23.8 Å². The molecule has 0 unspecified atom stereocenters. The fraction of sp³-hybridized carbons (Fsp3) is 0.545. The zero-order chi connectivity index (χ0) is 11.4. The second-order valence-corrected chi connectivity index (χ2v) is 4.02. The molecule has 0 fully saturated rings. The molecule has 1 aliphatic rings. The standard InChI is InChI=1S/C11H15ClO3/c1-7-3-11(15-6-13)9(4-10(7)14)8(2)5-12/h3,6,9-11,14H,2,4-5H2,1H3/t9-,10-,11-/m1/s1. The number of alkyl halides is 1. The van der Waals surface area contributed by atoms with Crippen molar-refractivity contribution < 1.29 is 14.6 Å². The van der Waals surface area contributed by atoms with Gasteiger partial charge in [-0.1, -0.05) is 12.2 Å². The molecule has 4 heteroatoms. The highest BCUT2D eigenvalue weighted by atomic mass is 35.5. The van der Waals surface area contributed by atoms with Crippen LogP contribution >= 0.6 is 11.6 Å². The van der Waals surface area contributed by atoms with Gasteiger partial charge in [0.15, 0.2) is 0 Å². The van der Waals surface area contributed by atoms with Gasteiger partial charge in [0.05, 0.1) is 6.10 Å². The quantitative estimate of drug-likeness (QED) is 0.454. The molecule has 84 valence electrons. The van der Waals surface area contributed by atoms with Crippen LogP contribution in [0.25, 0.3) is 0 Å². The van der Waals surface area contributed by atoms with Crippen LogP contribution in [-0.4, -0.2) is 29.7 Å². The third kappa shape index (κ3) is 2.83. The molecule has 1 rings (SSSR count). The minimum Gasteiger partial charge on any atom is -0.460 e. The summed E-state index contributed by atoms with van der Waals surface area (Å²) in [5.41, 5.74) is 1.60. The number of rotatable bonds is 4. The lowest BCUT2D eigenvalue weighted by atomic mass is 9.82. The maximum absolute atomic E-state index is 10.3. The fourth-order valence-corrected chi connectivity index (χ4v) is 1.94. The zero-order valence-corrected chi connectivity index (χ0v) is 9.41. The molecule has 0 saturated carbocycles. The monoisotopic (exact) mass is 230 g/mol. The number of carbonyl (C=O) groups excluding carboxylic acids is 1. The third-order valence-corrected chi connectivity index (χ3v) is 3.08. The summed E-state index contributed by atoms with van der Waals surface area (Å²) < 4.78 is 4.95. The van der Waals surface area contributed by atoms with E-state index in [-0.39, 0.29) is 12.0 Å². The van der Waals surface area contributed by atoms with E-state index in [9.17, 15) is 9.90 Å². The summed E-state index contributed by atoms with van der Waals surface area (Å²) in [7, 11) is 0. The Hall–Kier alpha value is -0.800. The molecule has 3 nitrogen and oxygen atoms in total. The Kier molecular flexibility index (Phi) is 4.36. The molecule has 15 heavy (non-hydrogen) atoms. The van der Waals surface area contributed by atoms with E-state index >= 15 is 0 Å². The van der Waals surface area contributed by atoms with Crippen molar-refractivity contribution in [3.8, 4) is 0 Å². The molecular weight excluding hydrogens is 216 g/mol. The molecule has 0 amide bonds. The molecule has 3 atom stereocenters. The summed E-state index contributed by atoms with van der Waals surface area (Å²) >= 11 is 5.69. The number of carbonyl (C=O) groups is 1. The summed E-state index contributed by atoms with van der Waals surface area (Å²) in [5.74, 6) is 0.217. The summed E-state index contributed by atoms with van der Waals surface area (Å²) in [4.78, 5) is 10.3. The summed E-state index contributed by atoms with van der Waals surface area (Å²) in [6.07, 6.45) is 1.41. The molecule has 0 aromatic rings. The normalized spacial score (nSPS) is 30.6. The molecular formula is C11H15ClO3. The number of aliphatic hydroxyl groups excluding tert-OH is 1. The first-order valence-electron chi connectivity index (χ1n) is 4.79. The summed E-state index contributed by atoms with van der Waals surface area (Å²) in [5, 5.41) is 9.68. The van der Waals surface area contributed by atoms with E-state index < -0.39 is 6.10 Å². The molecule has 0 saturated heterocycles. The predicted octanol–water partition coefficient (Wildman–Crippen LogP) is 1.65. The van der Waals surface area contributed by atoms with Gasteiger partial charge < -0.3 is 9.84 Å². The Balaban J connectivity index is 2.85. The van der Waals surface area contributed by atoms with Crippen LogP contribution in [-0.2, 0) is 9.53 Å². The average Bonchev–Trinajstić information content (AvgIpc) is 2.22. The molecule has 0 radical (unpaired) electrons. The predicted molar refractivity (Wildman–Crippen MR) is 58.7 cm³/mol.